The molecule has 0 aromatic heterocycles. The van der Waals surface area contributed by atoms with Crippen LogP contribution in [0.4, 0.5) is 5.69 Å². The summed E-state index contributed by atoms with van der Waals surface area (Å²) in [5.74, 6) is 0.189. The van der Waals surface area contributed by atoms with Gasteiger partial charge in [0.05, 0.1) is 5.69 Å². The van der Waals surface area contributed by atoms with Gasteiger partial charge in [0.2, 0.25) is 11.8 Å². The van der Waals surface area contributed by atoms with Crippen LogP contribution in [0.25, 0.3) is 0 Å². The molecule has 1 unspecified atom stereocenters. The van der Waals surface area contributed by atoms with Crippen molar-refractivity contribution < 1.29 is 9.59 Å². The van der Waals surface area contributed by atoms with Crippen LogP contribution in [-0.2, 0) is 9.59 Å². The van der Waals surface area contributed by atoms with E-state index in [0.717, 1.165) is 27.5 Å². The second-order valence-electron chi connectivity index (χ2n) is 4.88. The van der Waals surface area contributed by atoms with Crippen molar-refractivity contribution in [1.29, 1.82) is 0 Å². The zero-order chi connectivity index (χ0) is 13.6. The number of benzene rings is 1. The summed E-state index contributed by atoms with van der Waals surface area (Å²) in [5.41, 5.74) is 0.730. The van der Waals surface area contributed by atoms with E-state index >= 15 is 0 Å². The van der Waals surface area contributed by atoms with Crippen molar-refractivity contribution in [3.63, 3.8) is 0 Å². The quantitative estimate of drug-likeness (QED) is 0.847. The lowest BCUT2D eigenvalue weighted by Crippen LogP contribution is -2.59. The summed E-state index contributed by atoms with van der Waals surface area (Å²) >= 11 is 6.89. The zero-order valence-corrected chi connectivity index (χ0v) is 13.2. The molecule has 1 aromatic carbocycles. The Kier molecular flexibility index (Phi) is 3.39. The van der Waals surface area contributed by atoms with Crippen molar-refractivity contribution in [2.75, 3.05) is 11.4 Å². The van der Waals surface area contributed by atoms with E-state index in [-0.39, 0.29) is 24.4 Å². The van der Waals surface area contributed by atoms with E-state index in [2.05, 4.69) is 37.2 Å². The molecule has 1 aliphatic carbocycles. The lowest BCUT2D eigenvalue weighted by Gasteiger charge is -2.33. The van der Waals surface area contributed by atoms with Gasteiger partial charge in [0.25, 0.3) is 0 Å². The minimum atomic E-state index is -0.361. The summed E-state index contributed by atoms with van der Waals surface area (Å²) in [6.45, 7) is 0.0727. The highest BCUT2D eigenvalue weighted by molar-refractivity contribution is 9.11. The summed E-state index contributed by atoms with van der Waals surface area (Å²) in [7, 11) is 0. The number of hydrogen-bond donors (Lipinski definition) is 1. The van der Waals surface area contributed by atoms with E-state index in [4.69, 9.17) is 0 Å². The van der Waals surface area contributed by atoms with Gasteiger partial charge in [-0.1, -0.05) is 6.07 Å². The number of para-hydroxylation sites is 1. The maximum Gasteiger partial charge on any atom is 0.250 e. The lowest BCUT2D eigenvalue weighted by atomic mass is 10.1. The summed E-state index contributed by atoms with van der Waals surface area (Å²) in [4.78, 5) is 25.9. The molecule has 100 valence electrons. The van der Waals surface area contributed by atoms with E-state index in [1.807, 2.05) is 18.2 Å². The van der Waals surface area contributed by atoms with Crippen LogP contribution in [0.3, 0.4) is 0 Å². The molecule has 2 aliphatic rings. The fourth-order valence-corrected chi connectivity index (χ4v) is 3.78. The van der Waals surface area contributed by atoms with Crippen LogP contribution in [0.2, 0.25) is 0 Å². The molecule has 0 radical (unpaired) electrons. The van der Waals surface area contributed by atoms with Gasteiger partial charge in [-0.2, -0.15) is 0 Å². The molecule has 1 aliphatic heterocycles. The van der Waals surface area contributed by atoms with Crippen molar-refractivity contribution >= 4 is 49.4 Å². The van der Waals surface area contributed by atoms with Crippen LogP contribution < -0.4 is 10.2 Å². The molecule has 1 atom stereocenters. The van der Waals surface area contributed by atoms with Crippen LogP contribution in [0.15, 0.2) is 27.1 Å². The molecule has 1 saturated heterocycles. The molecule has 3 rings (SSSR count). The third-order valence-electron chi connectivity index (χ3n) is 3.45. The second kappa shape index (κ2) is 4.90. The van der Waals surface area contributed by atoms with Crippen LogP contribution in [-0.4, -0.2) is 24.4 Å². The Morgan fingerprint density at radius 3 is 2.37 bits per heavy atom. The molecule has 4 nitrogen and oxygen atoms in total. The van der Waals surface area contributed by atoms with Gasteiger partial charge in [0.1, 0.15) is 12.6 Å². The average molecular weight is 388 g/mol. The lowest BCUT2D eigenvalue weighted by molar-refractivity contribution is -0.131. The van der Waals surface area contributed by atoms with Crippen LogP contribution in [0, 0.1) is 5.92 Å². The van der Waals surface area contributed by atoms with E-state index < -0.39 is 0 Å². The predicted molar refractivity (Wildman–Crippen MR) is 78.8 cm³/mol. The van der Waals surface area contributed by atoms with Crippen molar-refractivity contribution in [3.8, 4) is 0 Å². The minimum absolute atomic E-state index is 0.0188. The average Bonchev–Trinajstić information content (AvgIpc) is 3.17. The molecule has 2 fully saturated rings. The summed E-state index contributed by atoms with van der Waals surface area (Å²) < 4.78 is 1.61. The number of nitrogens with one attached hydrogen (secondary N) is 1. The van der Waals surface area contributed by atoms with Gasteiger partial charge in [0, 0.05) is 8.95 Å². The maximum absolute atomic E-state index is 12.5. The van der Waals surface area contributed by atoms with Crippen molar-refractivity contribution in [2.45, 2.75) is 18.9 Å². The number of rotatable bonds is 2. The highest BCUT2D eigenvalue weighted by Crippen LogP contribution is 2.38. The fraction of sp³-hybridized carbons (Fsp3) is 0.385. The monoisotopic (exact) mass is 386 g/mol. The largest absolute Gasteiger partial charge is 0.342 e. The molecule has 1 N–H and O–H groups in total. The van der Waals surface area contributed by atoms with Crippen LogP contribution >= 0.6 is 31.9 Å². The number of amides is 2. The van der Waals surface area contributed by atoms with Gasteiger partial charge < -0.3 is 5.32 Å². The number of piperazine rings is 1. The minimum Gasteiger partial charge on any atom is -0.342 e. The SMILES string of the molecule is O=C1CN(c2c(Br)cccc2Br)C(=O)C(C2CC2)N1. The van der Waals surface area contributed by atoms with E-state index in [1.54, 1.807) is 4.90 Å². The molecular weight excluding hydrogens is 376 g/mol. The number of hydrogen-bond acceptors (Lipinski definition) is 2. The van der Waals surface area contributed by atoms with Crippen molar-refractivity contribution in [1.82, 2.24) is 5.32 Å². The molecular formula is C13H12Br2N2O2. The third-order valence-corrected chi connectivity index (χ3v) is 4.73. The zero-order valence-electron chi connectivity index (χ0n) is 10.0. The Balaban J connectivity index is 1.98. The number of halogens is 2. The summed E-state index contributed by atoms with van der Waals surface area (Å²) in [6, 6.07) is 5.25. The molecule has 2 amide bonds. The Morgan fingerprint density at radius 2 is 1.79 bits per heavy atom. The first-order valence-electron chi connectivity index (χ1n) is 6.12. The molecule has 1 aromatic rings. The normalized spacial score (nSPS) is 23.5. The predicted octanol–water partition coefficient (Wildman–Crippen LogP) is 2.45. The topological polar surface area (TPSA) is 49.4 Å². The van der Waals surface area contributed by atoms with Gasteiger partial charge in [-0.05, 0) is 62.8 Å². The van der Waals surface area contributed by atoms with Gasteiger partial charge in [-0.25, -0.2) is 0 Å². The fourth-order valence-electron chi connectivity index (χ4n) is 2.36. The van der Waals surface area contributed by atoms with Gasteiger partial charge in [-0.3, -0.25) is 14.5 Å². The molecule has 0 bridgehead atoms. The molecule has 0 spiro atoms. The first kappa shape index (κ1) is 13.1. The highest BCUT2D eigenvalue weighted by atomic mass is 79.9. The molecule has 1 heterocycles. The number of carbonyl (C=O) groups excluding carboxylic acids is 2. The van der Waals surface area contributed by atoms with E-state index in [9.17, 15) is 9.59 Å². The highest BCUT2D eigenvalue weighted by Gasteiger charge is 2.43. The third kappa shape index (κ3) is 2.43. The van der Waals surface area contributed by atoms with Crippen molar-refractivity contribution in [3.05, 3.63) is 27.1 Å². The van der Waals surface area contributed by atoms with E-state index in [1.165, 1.54) is 0 Å². The Bertz CT molecular complexity index is 537. The maximum atomic E-state index is 12.5. The Morgan fingerprint density at radius 1 is 1.16 bits per heavy atom. The van der Waals surface area contributed by atoms with Gasteiger partial charge >= 0.3 is 0 Å². The molecule has 1 saturated carbocycles. The summed E-state index contributed by atoms with van der Waals surface area (Å²) in [5, 5.41) is 2.81. The number of nitrogens with zero attached hydrogens (tertiary/aromatic N) is 1. The first-order valence-corrected chi connectivity index (χ1v) is 7.71. The van der Waals surface area contributed by atoms with Gasteiger partial charge in [0.15, 0.2) is 0 Å². The molecule has 6 heteroatoms. The van der Waals surface area contributed by atoms with Crippen molar-refractivity contribution in [2.24, 2.45) is 5.92 Å². The Labute approximate surface area is 127 Å². The molecule has 19 heavy (non-hydrogen) atoms. The summed E-state index contributed by atoms with van der Waals surface area (Å²) in [6.07, 6.45) is 2.03. The Hall–Kier alpha value is -0.880. The van der Waals surface area contributed by atoms with Crippen LogP contribution in [0.1, 0.15) is 12.8 Å². The van der Waals surface area contributed by atoms with E-state index in [0.29, 0.717) is 5.92 Å². The number of carbonyl (C=O) groups is 2. The first-order chi connectivity index (χ1) is 9.08. The number of anilines is 1. The smallest absolute Gasteiger partial charge is 0.250 e. The standard InChI is InChI=1S/C13H12Br2N2O2/c14-8-2-1-3-9(15)12(8)17-6-10(18)16-11(13(17)19)7-4-5-7/h1-3,7,11H,4-6H2,(H,16,18). The van der Waals surface area contributed by atoms with Gasteiger partial charge in [-0.15, -0.1) is 0 Å². The second-order valence-corrected chi connectivity index (χ2v) is 6.59. The van der Waals surface area contributed by atoms with Crippen LogP contribution in [0.5, 0.6) is 0 Å².